The van der Waals surface area contributed by atoms with E-state index in [9.17, 15) is 14.0 Å². The number of nitrogens with two attached hydrogens (primary N) is 1. The summed E-state index contributed by atoms with van der Waals surface area (Å²) < 4.78 is 27.2. The second-order valence-corrected chi connectivity index (χ2v) is 7.30. The van der Waals surface area contributed by atoms with Crippen molar-refractivity contribution in [2.24, 2.45) is 10.7 Å². The van der Waals surface area contributed by atoms with Crippen molar-refractivity contribution in [3.8, 4) is 6.07 Å². The van der Waals surface area contributed by atoms with Gasteiger partial charge in [0, 0.05) is 25.2 Å². The summed E-state index contributed by atoms with van der Waals surface area (Å²) in [5, 5.41) is 9.27. The van der Waals surface area contributed by atoms with Gasteiger partial charge < -0.3 is 10.6 Å². The third kappa shape index (κ3) is 3.24. The highest BCUT2D eigenvalue weighted by atomic mass is 19.3. The Morgan fingerprint density at radius 1 is 1.25 bits per heavy atom. The molecule has 3 rings (SSSR count). The maximum absolute atomic E-state index is 13.6. The number of nitrogens with zero attached hydrogens (tertiary/aromatic N) is 3. The summed E-state index contributed by atoms with van der Waals surface area (Å²) in [6.45, 7) is 6.98. The van der Waals surface area contributed by atoms with Gasteiger partial charge in [0.05, 0.1) is 23.1 Å². The number of hydrogen-bond donors (Lipinski definition) is 1. The molecule has 144 valence electrons. The number of hydrogen-bond acceptors (Lipinski definition) is 4. The van der Waals surface area contributed by atoms with Crippen molar-refractivity contribution in [2.75, 3.05) is 7.05 Å². The van der Waals surface area contributed by atoms with Crippen molar-refractivity contribution >= 4 is 5.96 Å². The number of nitriles is 1. The van der Waals surface area contributed by atoms with Crippen LogP contribution in [0.25, 0.3) is 0 Å². The molecule has 0 aromatic heterocycles. The Labute approximate surface area is 163 Å². The van der Waals surface area contributed by atoms with Gasteiger partial charge in [-0.1, -0.05) is 43.0 Å². The van der Waals surface area contributed by atoms with Crippen LogP contribution in [0.4, 0.5) is 8.78 Å². The lowest BCUT2D eigenvalue weighted by atomic mass is 9.73. The van der Waals surface area contributed by atoms with E-state index in [1.165, 1.54) is 12.1 Å². The molecule has 1 aliphatic heterocycles. The fraction of sp³-hybridized carbons (Fsp3) is 0.273. The molecule has 0 radical (unpaired) electrons. The Morgan fingerprint density at radius 2 is 1.89 bits per heavy atom. The highest BCUT2D eigenvalue weighted by Gasteiger charge is 2.44. The molecule has 2 aromatic carbocycles. The van der Waals surface area contributed by atoms with E-state index in [1.807, 2.05) is 13.0 Å². The maximum Gasteiger partial charge on any atom is 0.270 e. The third-order valence-corrected chi connectivity index (χ3v) is 5.34. The molecule has 1 heterocycles. The number of benzene rings is 2. The topological polar surface area (TPSA) is 65.4 Å². The van der Waals surface area contributed by atoms with Crippen molar-refractivity contribution in [1.82, 2.24) is 4.90 Å². The highest BCUT2D eigenvalue weighted by Crippen LogP contribution is 2.47. The van der Waals surface area contributed by atoms with E-state index < -0.39 is 11.5 Å². The minimum Gasteiger partial charge on any atom is -0.370 e. The minimum atomic E-state index is -2.91. The molecule has 2 aromatic rings. The van der Waals surface area contributed by atoms with Gasteiger partial charge in [-0.05, 0) is 30.2 Å². The van der Waals surface area contributed by atoms with Crippen LogP contribution in [-0.2, 0) is 11.5 Å². The molecule has 0 saturated carbocycles. The predicted molar refractivity (Wildman–Crippen MR) is 106 cm³/mol. The van der Waals surface area contributed by atoms with Gasteiger partial charge in [0.2, 0.25) is 0 Å². The van der Waals surface area contributed by atoms with Gasteiger partial charge in [0.1, 0.15) is 0 Å². The van der Waals surface area contributed by atoms with Gasteiger partial charge in [-0.15, -0.1) is 0 Å². The first-order chi connectivity index (χ1) is 13.1. The van der Waals surface area contributed by atoms with Crippen molar-refractivity contribution in [3.63, 3.8) is 0 Å². The van der Waals surface area contributed by atoms with Gasteiger partial charge in [0.25, 0.3) is 5.92 Å². The number of halogens is 2. The lowest BCUT2D eigenvalue weighted by Gasteiger charge is -2.44. The molecule has 2 N–H and O–H groups in total. The molecule has 0 spiro atoms. The number of rotatable bonds is 3. The number of aliphatic imine (C=N–C) groups is 1. The summed E-state index contributed by atoms with van der Waals surface area (Å²) in [5.41, 5.74) is 8.05. The van der Waals surface area contributed by atoms with Crippen LogP contribution in [0.3, 0.4) is 0 Å². The summed E-state index contributed by atoms with van der Waals surface area (Å²) in [6.07, 6.45) is 0. The largest absolute Gasteiger partial charge is 0.370 e. The van der Waals surface area contributed by atoms with E-state index in [-0.39, 0.29) is 11.5 Å². The zero-order valence-electron chi connectivity index (χ0n) is 16.1. The molecule has 0 amide bonds. The zero-order valence-corrected chi connectivity index (χ0v) is 16.1. The Balaban J connectivity index is 2.18. The van der Waals surface area contributed by atoms with Gasteiger partial charge in [-0.3, -0.25) is 0 Å². The number of likely N-dealkylation sites (N-methyl/N-ethyl adjacent to an activating group) is 1. The Hall–Kier alpha value is -3.20. The average molecular weight is 380 g/mol. The van der Waals surface area contributed by atoms with Crippen molar-refractivity contribution in [3.05, 3.63) is 83.1 Å². The molecule has 0 fully saturated rings. The summed E-state index contributed by atoms with van der Waals surface area (Å²) in [5.74, 6) is -2.94. The summed E-state index contributed by atoms with van der Waals surface area (Å²) in [4.78, 5) is 6.42. The van der Waals surface area contributed by atoms with Crippen molar-refractivity contribution < 1.29 is 8.78 Å². The predicted octanol–water partition coefficient (Wildman–Crippen LogP) is 4.44. The first-order valence-electron chi connectivity index (χ1n) is 8.84. The van der Waals surface area contributed by atoms with Crippen LogP contribution in [0.5, 0.6) is 0 Å². The van der Waals surface area contributed by atoms with E-state index in [1.54, 1.807) is 42.3 Å². The van der Waals surface area contributed by atoms with Crippen molar-refractivity contribution in [1.29, 1.82) is 5.26 Å². The quantitative estimate of drug-likeness (QED) is 0.856. The number of guanidine groups is 1. The monoisotopic (exact) mass is 380 g/mol. The minimum absolute atomic E-state index is 0.0535. The molecule has 6 heteroatoms. The van der Waals surface area contributed by atoms with Crippen LogP contribution >= 0.6 is 0 Å². The molecule has 0 aliphatic carbocycles. The van der Waals surface area contributed by atoms with Crippen molar-refractivity contribution in [2.45, 2.75) is 31.2 Å². The first-order valence-corrected chi connectivity index (χ1v) is 8.84. The average Bonchev–Trinajstić information content (AvgIpc) is 2.66. The van der Waals surface area contributed by atoms with Crippen LogP contribution in [0.15, 0.2) is 65.8 Å². The lowest BCUT2D eigenvalue weighted by molar-refractivity contribution is 0.0174. The van der Waals surface area contributed by atoms with E-state index >= 15 is 0 Å². The smallest absolute Gasteiger partial charge is 0.270 e. The normalized spacial score (nSPS) is 22.6. The fourth-order valence-electron chi connectivity index (χ4n) is 3.66. The Morgan fingerprint density at radius 3 is 2.46 bits per heavy atom. The summed E-state index contributed by atoms with van der Waals surface area (Å²) >= 11 is 0. The molecule has 28 heavy (non-hydrogen) atoms. The van der Waals surface area contributed by atoms with Crippen LogP contribution in [0.1, 0.15) is 42.0 Å². The second kappa shape index (κ2) is 6.75. The van der Waals surface area contributed by atoms with Gasteiger partial charge in [0.15, 0.2) is 5.96 Å². The highest BCUT2D eigenvalue weighted by molar-refractivity contribution is 5.82. The van der Waals surface area contributed by atoms with E-state index in [0.29, 0.717) is 17.2 Å². The standard InChI is InChI=1S/C22H22F2N4/c1-14-19(16-8-10-17(11-9-16)22(3,23)24)21(2,27-20(26)28(14)4)18-7-5-6-15(12-18)13-25/h5-12,19H,1H2,2-4H3,(H2,26,27)/t19-,21+/m0/s1. The van der Waals surface area contributed by atoms with Crippen LogP contribution in [0, 0.1) is 11.3 Å². The van der Waals surface area contributed by atoms with E-state index in [2.05, 4.69) is 12.6 Å². The molecular weight excluding hydrogens is 358 g/mol. The van der Waals surface area contributed by atoms with E-state index in [4.69, 9.17) is 10.7 Å². The molecule has 1 aliphatic rings. The molecule has 0 bridgehead atoms. The molecular formula is C22H22F2N4. The molecule has 0 saturated heterocycles. The molecule has 0 unspecified atom stereocenters. The van der Waals surface area contributed by atoms with Crippen LogP contribution in [0.2, 0.25) is 0 Å². The first kappa shape index (κ1) is 19.6. The maximum atomic E-state index is 13.6. The summed E-state index contributed by atoms with van der Waals surface area (Å²) in [7, 11) is 1.77. The van der Waals surface area contributed by atoms with Crippen LogP contribution in [-0.4, -0.2) is 17.9 Å². The van der Waals surface area contributed by atoms with Gasteiger partial charge in [-0.2, -0.15) is 5.26 Å². The van der Waals surface area contributed by atoms with Gasteiger partial charge in [-0.25, -0.2) is 13.8 Å². The Bertz CT molecular complexity index is 983. The SMILES string of the molecule is C=C1[C@@H](c2ccc(C(C)(F)F)cc2)[C@@](C)(c2cccc(C#N)c2)N=C(N)N1C. The third-order valence-electron chi connectivity index (χ3n) is 5.34. The van der Waals surface area contributed by atoms with Crippen LogP contribution < -0.4 is 5.73 Å². The number of alkyl halides is 2. The summed E-state index contributed by atoms with van der Waals surface area (Å²) in [6, 6.07) is 15.5. The second-order valence-electron chi connectivity index (χ2n) is 7.30. The van der Waals surface area contributed by atoms with E-state index in [0.717, 1.165) is 18.1 Å². The molecule has 4 nitrogen and oxygen atoms in total. The lowest BCUT2D eigenvalue weighted by Crippen LogP contribution is -2.47. The zero-order chi connectivity index (χ0) is 20.7. The Kier molecular flexibility index (Phi) is 4.72. The fourth-order valence-corrected chi connectivity index (χ4v) is 3.66. The van der Waals surface area contributed by atoms with Gasteiger partial charge >= 0.3 is 0 Å². The molecule has 2 atom stereocenters.